The van der Waals surface area contributed by atoms with Crippen LogP contribution >= 0.6 is 0 Å². The van der Waals surface area contributed by atoms with Gasteiger partial charge in [0.25, 0.3) is 0 Å². The number of likely N-dealkylation sites (N-methyl/N-ethyl adjacent to an activating group) is 1. The van der Waals surface area contributed by atoms with Gasteiger partial charge in [-0.25, -0.2) is 0 Å². The van der Waals surface area contributed by atoms with E-state index in [-0.39, 0.29) is 17.9 Å². The number of piperazine rings is 1. The molecule has 0 bridgehead atoms. The van der Waals surface area contributed by atoms with E-state index < -0.39 is 0 Å². The Morgan fingerprint density at radius 1 is 0.938 bits per heavy atom. The van der Waals surface area contributed by atoms with Crippen molar-refractivity contribution < 1.29 is 14.3 Å². The molecular weight excluding hydrogens is 404 g/mol. The third-order valence-electron chi connectivity index (χ3n) is 5.91. The molecule has 0 aliphatic carbocycles. The molecule has 1 N–H and O–H groups in total. The highest BCUT2D eigenvalue weighted by Gasteiger charge is 2.27. The summed E-state index contributed by atoms with van der Waals surface area (Å²) in [6.07, 6.45) is 0. The third-order valence-corrected chi connectivity index (χ3v) is 5.91. The Labute approximate surface area is 190 Å². The van der Waals surface area contributed by atoms with Gasteiger partial charge in [-0.15, -0.1) is 0 Å². The van der Waals surface area contributed by atoms with Gasteiger partial charge >= 0.3 is 0 Å². The second-order valence-electron chi connectivity index (χ2n) is 7.98. The fraction of sp³-hybridized carbons (Fsp3) is 0.440. The number of nitrogens with one attached hydrogen (secondary N) is 1. The number of hydrogen-bond donors (Lipinski definition) is 1. The number of nitrogens with zero attached hydrogens (tertiary/aromatic N) is 3. The van der Waals surface area contributed by atoms with Crippen LogP contribution in [0.1, 0.15) is 20.8 Å². The van der Waals surface area contributed by atoms with Gasteiger partial charge in [0.15, 0.2) is 0 Å². The van der Waals surface area contributed by atoms with Crippen molar-refractivity contribution in [3.05, 3.63) is 54.6 Å². The summed E-state index contributed by atoms with van der Waals surface area (Å²) >= 11 is 0. The van der Waals surface area contributed by atoms with Crippen LogP contribution in [0.5, 0.6) is 11.5 Å². The molecule has 7 heteroatoms. The molecule has 1 atom stereocenters. The minimum Gasteiger partial charge on any atom is -0.457 e. The predicted molar refractivity (Wildman–Crippen MR) is 127 cm³/mol. The van der Waals surface area contributed by atoms with Crippen LogP contribution in [0, 0.1) is 0 Å². The summed E-state index contributed by atoms with van der Waals surface area (Å²) in [5, 5.41) is 2.99. The summed E-state index contributed by atoms with van der Waals surface area (Å²) in [5.74, 6) is 1.64. The number of rotatable bonds is 9. The molecule has 2 amide bonds. The molecule has 172 valence electrons. The maximum absolute atomic E-state index is 12.8. The van der Waals surface area contributed by atoms with E-state index in [2.05, 4.69) is 15.1 Å². The number of para-hydroxylation sites is 1. The lowest BCUT2D eigenvalue weighted by molar-refractivity contribution is -0.133. The highest BCUT2D eigenvalue weighted by atomic mass is 16.5. The first kappa shape index (κ1) is 23.8. The quantitative estimate of drug-likeness (QED) is 0.651. The van der Waals surface area contributed by atoms with Crippen LogP contribution in [0.25, 0.3) is 0 Å². The van der Waals surface area contributed by atoms with Gasteiger partial charge in [0.05, 0.1) is 12.6 Å². The van der Waals surface area contributed by atoms with Gasteiger partial charge in [-0.1, -0.05) is 18.2 Å². The van der Waals surface area contributed by atoms with E-state index in [1.54, 1.807) is 0 Å². The van der Waals surface area contributed by atoms with Crippen LogP contribution in [0.15, 0.2) is 54.6 Å². The smallest absolute Gasteiger partial charge is 0.241 e. The molecule has 0 aromatic heterocycles. The summed E-state index contributed by atoms with van der Waals surface area (Å²) in [6.45, 7) is 11.0. The fourth-order valence-electron chi connectivity index (χ4n) is 3.82. The van der Waals surface area contributed by atoms with Crippen LogP contribution < -0.4 is 10.1 Å². The lowest BCUT2D eigenvalue weighted by Gasteiger charge is -2.37. The first-order chi connectivity index (χ1) is 15.5. The molecule has 1 fully saturated rings. The van der Waals surface area contributed by atoms with E-state index in [0.717, 1.165) is 56.5 Å². The summed E-state index contributed by atoms with van der Waals surface area (Å²) in [5.41, 5.74) is 0.741. The first-order valence-corrected chi connectivity index (χ1v) is 11.4. The Hall–Kier alpha value is -2.90. The largest absolute Gasteiger partial charge is 0.457 e. The molecular formula is C25H34N4O3. The average Bonchev–Trinajstić information content (AvgIpc) is 2.82. The molecule has 0 spiro atoms. The van der Waals surface area contributed by atoms with E-state index >= 15 is 0 Å². The number of carbonyl (C=O) groups is 2. The number of ether oxygens (including phenoxy) is 1. The van der Waals surface area contributed by atoms with Gasteiger partial charge < -0.3 is 15.0 Å². The molecule has 1 heterocycles. The van der Waals surface area contributed by atoms with Crippen LogP contribution in [0.3, 0.4) is 0 Å². The number of amides is 2. The highest BCUT2D eigenvalue weighted by Crippen LogP contribution is 2.23. The zero-order valence-corrected chi connectivity index (χ0v) is 19.3. The molecule has 0 radical (unpaired) electrons. The Morgan fingerprint density at radius 3 is 2.12 bits per heavy atom. The van der Waals surface area contributed by atoms with Crippen molar-refractivity contribution in [3.8, 4) is 11.5 Å². The molecule has 2 aromatic carbocycles. The van der Waals surface area contributed by atoms with Crippen LogP contribution in [0.4, 0.5) is 5.69 Å². The van der Waals surface area contributed by atoms with E-state index in [1.165, 1.54) is 0 Å². The zero-order chi connectivity index (χ0) is 22.9. The molecule has 7 nitrogen and oxygen atoms in total. The monoisotopic (exact) mass is 438 g/mol. The number of hydrogen-bond acceptors (Lipinski definition) is 5. The fourth-order valence-corrected chi connectivity index (χ4v) is 3.82. The first-order valence-electron chi connectivity index (χ1n) is 11.4. The predicted octanol–water partition coefficient (Wildman–Crippen LogP) is 3.29. The second-order valence-corrected chi connectivity index (χ2v) is 7.98. The van der Waals surface area contributed by atoms with Gasteiger partial charge in [-0.2, -0.15) is 0 Å². The zero-order valence-electron chi connectivity index (χ0n) is 19.3. The van der Waals surface area contributed by atoms with Crippen molar-refractivity contribution >= 4 is 17.5 Å². The van der Waals surface area contributed by atoms with Crippen LogP contribution in [-0.2, 0) is 9.59 Å². The average molecular weight is 439 g/mol. The second kappa shape index (κ2) is 11.6. The van der Waals surface area contributed by atoms with Gasteiger partial charge in [-0.3, -0.25) is 19.4 Å². The minimum absolute atomic E-state index is 0.0330. The minimum atomic E-state index is -0.240. The molecule has 1 unspecified atom stereocenters. The lowest BCUT2D eigenvalue weighted by atomic mass is 10.2. The Kier molecular flexibility index (Phi) is 8.64. The summed E-state index contributed by atoms with van der Waals surface area (Å²) in [4.78, 5) is 31.3. The van der Waals surface area contributed by atoms with Gasteiger partial charge in [0.1, 0.15) is 11.5 Å². The van der Waals surface area contributed by atoms with Crippen LogP contribution in [0.2, 0.25) is 0 Å². The SMILES string of the molecule is CCN(CC)C(=O)CN1CCN(C(C)C(=O)Nc2ccc(Oc3ccccc3)cc2)CC1. The Bertz CT molecular complexity index is 861. The molecule has 32 heavy (non-hydrogen) atoms. The van der Waals surface area contributed by atoms with Crippen LogP contribution in [-0.4, -0.2) is 78.4 Å². The highest BCUT2D eigenvalue weighted by molar-refractivity contribution is 5.94. The van der Waals surface area contributed by atoms with E-state index in [1.807, 2.05) is 80.3 Å². The standard InChI is InChI=1S/C25H34N4O3/c1-4-28(5-2)24(30)19-27-15-17-29(18-16-27)20(3)25(31)26-21-11-13-23(14-12-21)32-22-9-7-6-8-10-22/h6-14,20H,4-5,15-19H2,1-3H3,(H,26,31). The molecule has 1 aliphatic heterocycles. The van der Waals surface area contributed by atoms with Crippen molar-refractivity contribution in [1.82, 2.24) is 14.7 Å². The number of benzene rings is 2. The molecule has 0 saturated carbocycles. The summed E-state index contributed by atoms with van der Waals surface area (Å²) in [7, 11) is 0. The normalized spacial score (nSPS) is 15.7. The van der Waals surface area contributed by atoms with Crippen molar-refractivity contribution in [2.45, 2.75) is 26.8 Å². The molecule has 1 aliphatic rings. The van der Waals surface area contributed by atoms with Gasteiger partial charge in [0.2, 0.25) is 11.8 Å². The van der Waals surface area contributed by atoms with Crippen molar-refractivity contribution in [2.24, 2.45) is 0 Å². The van der Waals surface area contributed by atoms with E-state index in [9.17, 15) is 9.59 Å². The number of anilines is 1. The maximum Gasteiger partial charge on any atom is 0.241 e. The third kappa shape index (κ3) is 6.55. The van der Waals surface area contributed by atoms with Gasteiger partial charge in [0, 0.05) is 45.0 Å². The van der Waals surface area contributed by atoms with E-state index in [4.69, 9.17) is 4.74 Å². The Balaban J connectivity index is 1.45. The Morgan fingerprint density at radius 2 is 1.53 bits per heavy atom. The van der Waals surface area contributed by atoms with Crippen molar-refractivity contribution in [2.75, 3.05) is 51.1 Å². The van der Waals surface area contributed by atoms with Gasteiger partial charge in [-0.05, 0) is 57.2 Å². The number of carbonyl (C=O) groups excluding carboxylic acids is 2. The van der Waals surface area contributed by atoms with Crippen molar-refractivity contribution in [1.29, 1.82) is 0 Å². The molecule has 1 saturated heterocycles. The molecule has 2 aromatic rings. The van der Waals surface area contributed by atoms with Crippen molar-refractivity contribution in [3.63, 3.8) is 0 Å². The molecule has 3 rings (SSSR count). The topological polar surface area (TPSA) is 65.1 Å². The lowest BCUT2D eigenvalue weighted by Crippen LogP contribution is -2.54. The summed E-state index contributed by atoms with van der Waals surface area (Å²) in [6, 6.07) is 16.7. The summed E-state index contributed by atoms with van der Waals surface area (Å²) < 4.78 is 5.79. The van der Waals surface area contributed by atoms with E-state index in [0.29, 0.717) is 6.54 Å². The maximum atomic E-state index is 12.8.